The van der Waals surface area contributed by atoms with Crippen molar-refractivity contribution in [1.29, 1.82) is 0 Å². The van der Waals surface area contributed by atoms with Crippen molar-refractivity contribution in [1.82, 2.24) is 9.78 Å². The third-order valence-electron chi connectivity index (χ3n) is 2.25. The molecular formula is C12H11BrN2O3. The zero-order valence-electron chi connectivity index (χ0n) is 9.63. The lowest BCUT2D eigenvalue weighted by molar-refractivity contribution is 0.0519. The second-order valence-corrected chi connectivity index (χ2v) is 4.41. The van der Waals surface area contributed by atoms with Crippen LogP contribution in [0, 0.1) is 0 Å². The Bertz CT molecular complexity index is 563. The second-order valence-electron chi connectivity index (χ2n) is 3.50. The standard InChI is InChI=1S/C12H11BrN2O3/c1-2-18-12(17)10-7-11(16)15(14-10)9-5-3-8(13)4-6-9/h3-7,16H,2H2,1H3. The normalized spacial score (nSPS) is 10.3. The Labute approximate surface area is 112 Å². The highest BCUT2D eigenvalue weighted by Gasteiger charge is 2.15. The first kappa shape index (κ1) is 12.6. The molecular weight excluding hydrogens is 300 g/mol. The Morgan fingerprint density at radius 1 is 1.44 bits per heavy atom. The number of rotatable bonds is 3. The van der Waals surface area contributed by atoms with Crippen LogP contribution in [0.2, 0.25) is 0 Å². The molecule has 6 heteroatoms. The summed E-state index contributed by atoms with van der Waals surface area (Å²) in [6, 6.07) is 8.46. The number of benzene rings is 1. The Hall–Kier alpha value is -1.82. The number of ether oxygens (including phenoxy) is 1. The molecule has 0 unspecified atom stereocenters. The Balaban J connectivity index is 2.34. The van der Waals surface area contributed by atoms with Gasteiger partial charge in [-0.2, -0.15) is 5.10 Å². The average Bonchev–Trinajstić information content (AvgIpc) is 2.73. The fourth-order valence-electron chi connectivity index (χ4n) is 1.45. The van der Waals surface area contributed by atoms with E-state index in [9.17, 15) is 9.90 Å². The van der Waals surface area contributed by atoms with Gasteiger partial charge in [-0.05, 0) is 31.2 Å². The number of nitrogens with zero attached hydrogens (tertiary/aromatic N) is 2. The maximum absolute atomic E-state index is 11.5. The predicted molar refractivity (Wildman–Crippen MR) is 68.9 cm³/mol. The first-order chi connectivity index (χ1) is 8.61. The molecule has 0 aliphatic heterocycles. The predicted octanol–water partition coefficient (Wildman–Crippen LogP) is 2.52. The van der Waals surface area contributed by atoms with Gasteiger partial charge in [-0.15, -0.1) is 0 Å². The molecule has 1 aromatic heterocycles. The van der Waals surface area contributed by atoms with Crippen LogP contribution >= 0.6 is 15.9 Å². The van der Waals surface area contributed by atoms with Crippen LogP contribution in [0.15, 0.2) is 34.8 Å². The molecule has 0 saturated heterocycles. The summed E-state index contributed by atoms with van der Waals surface area (Å²) in [5, 5.41) is 13.8. The lowest BCUT2D eigenvalue weighted by Crippen LogP contribution is -2.06. The lowest BCUT2D eigenvalue weighted by Gasteiger charge is -2.02. The molecule has 5 nitrogen and oxygen atoms in total. The van der Waals surface area contributed by atoms with Gasteiger partial charge in [-0.25, -0.2) is 9.48 Å². The molecule has 1 aromatic carbocycles. The highest BCUT2D eigenvalue weighted by atomic mass is 79.9. The van der Waals surface area contributed by atoms with Crippen molar-refractivity contribution < 1.29 is 14.6 Å². The quantitative estimate of drug-likeness (QED) is 0.885. The molecule has 0 saturated carbocycles. The third-order valence-corrected chi connectivity index (χ3v) is 2.77. The number of esters is 1. The second kappa shape index (κ2) is 5.22. The minimum absolute atomic E-state index is 0.0808. The molecule has 18 heavy (non-hydrogen) atoms. The SMILES string of the molecule is CCOC(=O)c1cc(O)n(-c2ccc(Br)cc2)n1. The molecule has 1 heterocycles. The molecule has 2 rings (SSSR count). The topological polar surface area (TPSA) is 64.3 Å². The first-order valence-electron chi connectivity index (χ1n) is 5.34. The van der Waals surface area contributed by atoms with E-state index in [0.29, 0.717) is 5.69 Å². The van der Waals surface area contributed by atoms with Crippen molar-refractivity contribution in [2.24, 2.45) is 0 Å². The molecule has 0 fully saturated rings. The molecule has 1 N–H and O–H groups in total. The zero-order chi connectivity index (χ0) is 13.1. The van der Waals surface area contributed by atoms with Gasteiger partial charge >= 0.3 is 5.97 Å². The van der Waals surface area contributed by atoms with E-state index >= 15 is 0 Å². The summed E-state index contributed by atoms with van der Waals surface area (Å²) < 4.78 is 7.01. The number of aromatic nitrogens is 2. The first-order valence-corrected chi connectivity index (χ1v) is 6.13. The van der Waals surface area contributed by atoms with E-state index in [1.165, 1.54) is 10.7 Å². The van der Waals surface area contributed by atoms with E-state index in [-0.39, 0.29) is 18.2 Å². The summed E-state index contributed by atoms with van der Waals surface area (Å²) in [6.45, 7) is 1.98. The van der Waals surface area contributed by atoms with Crippen molar-refractivity contribution in [2.75, 3.05) is 6.61 Å². The van der Waals surface area contributed by atoms with Crippen LogP contribution in [-0.4, -0.2) is 27.5 Å². The van der Waals surface area contributed by atoms with E-state index in [0.717, 1.165) is 4.47 Å². The van der Waals surface area contributed by atoms with Crippen LogP contribution in [0.25, 0.3) is 5.69 Å². The number of carbonyl (C=O) groups is 1. The fourth-order valence-corrected chi connectivity index (χ4v) is 1.71. The highest BCUT2D eigenvalue weighted by Crippen LogP contribution is 2.20. The van der Waals surface area contributed by atoms with Crippen LogP contribution in [-0.2, 0) is 4.74 Å². The van der Waals surface area contributed by atoms with Gasteiger partial charge in [0.25, 0.3) is 0 Å². The van der Waals surface area contributed by atoms with E-state index in [2.05, 4.69) is 21.0 Å². The van der Waals surface area contributed by atoms with Gasteiger partial charge in [0.2, 0.25) is 5.88 Å². The average molecular weight is 311 g/mol. The van der Waals surface area contributed by atoms with Crippen molar-refractivity contribution in [3.63, 3.8) is 0 Å². The van der Waals surface area contributed by atoms with Crippen LogP contribution in [0.5, 0.6) is 5.88 Å². The monoisotopic (exact) mass is 310 g/mol. The Morgan fingerprint density at radius 2 is 2.11 bits per heavy atom. The van der Waals surface area contributed by atoms with Gasteiger partial charge in [0.1, 0.15) is 0 Å². The van der Waals surface area contributed by atoms with Gasteiger partial charge in [0, 0.05) is 10.5 Å². The van der Waals surface area contributed by atoms with Crippen LogP contribution < -0.4 is 0 Å². The summed E-state index contributed by atoms with van der Waals surface area (Å²) in [5.74, 6) is -0.663. The number of carbonyl (C=O) groups excluding carboxylic acids is 1. The summed E-state index contributed by atoms with van der Waals surface area (Å²) >= 11 is 3.32. The smallest absolute Gasteiger partial charge is 0.358 e. The molecule has 94 valence electrons. The summed E-state index contributed by atoms with van der Waals surface area (Å²) in [7, 11) is 0. The van der Waals surface area contributed by atoms with E-state index in [4.69, 9.17) is 4.74 Å². The van der Waals surface area contributed by atoms with Crippen molar-refractivity contribution >= 4 is 21.9 Å². The van der Waals surface area contributed by atoms with Gasteiger partial charge in [0.15, 0.2) is 5.69 Å². The van der Waals surface area contributed by atoms with Gasteiger partial charge in [-0.3, -0.25) is 0 Å². The Morgan fingerprint density at radius 3 is 2.72 bits per heavy atom. The minimum Gasteiger partial charge on any atom is -0.493 e. The van der Waals surface area contributed by atoms with Gasteiger partial charge < -0.3 is 9.84 Å². The van der Waals surface area contributed by atoms with E-state index in [1.54, 1.807) is 19.1 Å². The summed E-state index contributed by atoms with van der Waals surface area (Å²) in [5.41, 5.74) is 0.739. The largest absolute Gasteiger partial charge is 0.493 e. The minimum atomic E-state index is -0.552. The number of halogens is 1. The summed E-state index contributed by atoms with van der Waals surface area (Å²) in [6.07, 6.45) is 0. The molecule has 0 aliphatic carbocycles. The Kier molecular flexibility index (Phi) is 3.66. The molecule has 0 atom stereocenters. The van der Waals surface area contributed by atoms with Gasteiger partial charge in [0.05, 0.1) is 12.3 Å². The number of hydrogen-bond acceptors (Lipinski definition) is 4. The zero-order valence-corrected chi connectivity index (χ0v) is 11.2. The maximum Gasteiger partial charge on any atom is 0.358 e. The molecule has 2 aromatic rings. The molecule has 0 amide bonds. The molecule has 0 bridgehead atoms. The molecule has 0 aliphatic rings. The fraction of sp³-hybridized carbons (Fsp3) is 0.167. The van der Waals surface area contributed by atoms with E-state index < -0.39 is 5.97 Å². The van der Waals surface area contributed by atoms with E-state index in [1.807, 2.05) is 12.1 Å². The van der Waals surface area contributed by atoms with Crippen LogP contribution in [0.4, 0.5) is 0 Å². The third kappa shape index (κ3) is 2.53. The van der Waals surface area contributed by atoms with Crippen molar-refractivity contribution in [3.05, 3.63) is 40.5 Å². The number of hydrogen-bond donors (Lipinski definition) is 1. The highest BCUT2D eigenvalue weighted by molar-refractivity contribution is 9.10. The lowest BCUT2D eigenvalue weighted by atomic mass is 10.3. The van der Waals surface area contributed by atoms with Crippen molar-refractivity contribution in [3.8, 4) is 11.6 Å². The number of aromatic hydroxyl groups is 1. The molecule has 0 spiro atoms. The van der Waals surface area contributed by atoms with Crippen LogP contribution in [0.1, 0.15) is 17.4 Å². The maximum atomic E-state index is 11.5. The summed E-state index contributed by atoms with van der Waals surface area (Å²) in [4.78, 5) is 11.5. The van der Waals surface area contributed by atoms with Gasteiger partial charge in [-0.1, -0.05) is 15.9 Å². The van der Waals surface area contributed by atoms with Crippen molar-refractivity contribution in [2.45, 2.75) is 6.92 Å². The van der Waals surface area contributed by atoms with Crippen LogP contribution in [0.3, 0.4) is 0 Å². The molecule has 0 radical (unpaired) electrons.